The zero-order valence-corrected chi connectivity index (χ0v) is 17.8. The van der Waals surface area contributed by atoms with Crippen LogP contribution >= 0.6 is 11.6 Å². The van der Waals surface area contributed by atoms with Crippen LogP contribution < -0.4 is 16.1 Å². The minimum atomic E-state index is -0.101. The number of nitrogens with one attached hydrogen (secondary N) is 2. The van der Waals surface area contributed by atoms with Gasteiger partial charge in [-0.25, -0.2) is 4.98 Å². The van der Waals surface area contributed by atoms with Crippen molar-refractivity contribution in [3.05, 3.63) is 119 Å². The maximum Gasteiger partial charge on any atom is 0.193 e. The number of hydrogen-bond donors (Lipinski definition) is 2. The molecule has 0 amide bonds. The SMILES string of the molecule is O=c1cc(Nc2ccccc2)n(-c2ccccc2)c2cc(Nc3ccc(Cl)cc3)ncc12. The molecule has 6 heteroatoms. The Kier molecular flexibility index (Phi) is 5.32. The maximum atomic E-state index is 13.0. The topological polar surface area (TPSA) is 59.0 Å². The van der Waals surface area contributed by atoms with Crippen LogP contribution in [0.1, 0.15) is 0 Å². The summed E-state index contributed by atoms with van der Waals surface area (Å²) in [6, 6.07) is 30.6. The summed E-state index contributed by atoms with van der Waals surface area (Å²) in [6.07, 6.45) is 1.61. The normalized spacial score (nSPS) is 10.8. The van der Waals surface area contributed by atoms with E-state index in [1.165, 1.54) is 0 Å². The fourth-order valence-corrected chi connectivity index (χ4v) is 3.71. The summed E-state index contributed by atoms with van der Waals surface area (Å²) < 4.78 is 2.03. The van der Waals surface area contributed by atoms with Gasteiger partial charge >= 0.3 is 0 Å². The first-order chi connectivity index (χ1) is 15.7. The summed E-state index contributed by atoms with van der Waals surface area (Å²) in [5.41, 5.74) is 3.32. The molecule has 0 aliphatic rings. The molecule has 0 aliphatic heterocycles. The summed E-state index contributed by atoms with van der Waals surface area (Å²) in [7, 11) is 0. The van der Waals surface area contributed by atoms with E-state index in [2.05, 4.69) is 15.6 Å². The van der Waals surface area contributed by atoms with Crippen LogP contribution in [-0.4, -0.2) is 9.55 Å². The Morgan fingerprint density at radius 1 is 0.750 bits per heavy atom. The lowest BCUT2D eigenvalue weighted by molar-refractivity contribution is 1.10. The molecule has 0 radical (unpaired) electrons. The van der Waals surface area contributed by atoms with Gasteiger partial charge in [-0.1, -0.05) is 48.0 Å². The maximum absolute atomic E-state index is 13.0. The fourth-order valence-electron chi connectivity index (χ4n) is 3.58. The highest BCUT2D eigenvalue weighted by Crippen LogP contribution is 2.27. The smallest absolute Gasteiger partial charge is 0.193 e. The highest BCUT2D eigenvalue weighted by Gasteiger charge is 2.13. The average molecular weight is 439 g/mol. The van der Waals surface area contributed by atoms with E-state index in [1.54, 1.807) is 12.3 Å². The predicted molar refractivity (Wildman–Crippen MR) is 132 cm³/mol. The van der Waals surface area contributed by atoms with Gasteiger partial charge in [-0.05, 0) is 48.5 Å². The lowest BCUT2D eigenvalue weighted by Crippen LogP contribution is -2.13. The van der Waals surface area contributed by atoms with E-state index in [0.717, 1.165) is 22.6 Å². The van der Waals surface area contributed by atoms with E-state index in [4.69, 9.17) is 11.6 Å². The summed E-state index contributed by atoms with van der Waals surface area (Å²) in [5, 5.41) is 7.87. The molecule has 156 valence electrons. The van der Waals surface area contributed by atoms with E-state index in [0.29, 0.717) is 22.0 Å². The van der Waals surface area contributed by atoms with Crippen molar-refractivity contribution in [2.75, 3.05) is 10.6 Å². The molecule has 2 aromatic heterocycles. The van der Waals surface area contributed by atoms with E-state index < -0.39 is 0 Å². The van der Waals surface area contributed by atoms with Crippen LogP contribution in [0, 0.1) is 0 Å². The summed E-state index contributed by atoms with van der Waals surface area (Å²) in [6.45, 7) is 0. The number of rotatable bonds is 5. The second kappa shape index (κ2) is 8.57. The van der Waals surface area contributed by atoms with Gasteiger partial charge in [0, 0.05) is 40.4 Å². The molecule has 0 atom stereocenters. The minimum Gasteiger partial charge on any atom is -0.341 e. The molecule has 0 bridgehead atoms. The predicted octanol–water partition coefficient (Wildman–Crippen LogP) is 6.53. The van der Waals surface area contributed by atoms with Crippen molar-refractivity contribution in [2.45, 2.75) is 0 Å². The Hall–Kier alpha value is -4.09. The molecule has 2 heterocycles. The monoisotopic (exact) mass is 438 g/mol. The Bertz CT molecular complexity index is 1430. The Morgan fingerprint density at radius 3 is 2.12 bits per heavy atom. The van der Waals surface area contributed by atoms with Crippen molar-refractivity contribution in [3.63, 3.8) is 0 Å². The summed E-state index contributed by atoms with van der Waals surface area (Å²) in [4.78, 5) is 17.4. The lowest BCUT2D eigenvalue weighted by atomic mass is 10.2. The van der Waals surface area contributed by atoms with Crippen LogP contribution in [-0.2, 0) is 0 Å². The molecule has 0 unspecified atom stereocenters. The second-order valence-electron chi connectivity index (χ2n) is 7.27. The van der Waals surface area contributed by atoms with Gasteiger partial charge in [-0.15, -0.1) is 0 Å². The van der Waals surface area contributed by atoms with Crippen LogP contribution in [0.15, 0.2) is 108 Å². The molecule has 5 aromatic rings. The highest BCUT2D eigenvalue weighted by molar-refractivity contribution is 6.30. The van der Waals surface area contributed by atoms with Crippen molar-refractivity contribution < 1.29 is 0 Å². The quantitative estimate of drug-likeness (QED) is 0.327. The molecule has 5 nitrogen and oxygen atoms in total. The molecule has 0 fully saturated rings. The third-order valence-corrected chi connectivity index (χ3v) is 5.33. The molecule has 0 aliphatic carbocycles. The number of halogens is 1. The number of pyridine rings is 2. The van der Waals surface area contributed by atoms with Crippen LogP contribution in [0.5, 0.6) is 0 Å². The Labute approximate surface area is 189 Å². The van der Waals surface area contributed by atoms with Gasteiger partial charge in [-0.3, -0.25) is 9.36 Å². The third-order valence-electron chi connectivity index (χ3n) is 5.07. The average Bonchev–Trinajstić information content (AvgIpc) is 2.82. The van der Waals surface area contributed by atoms with E-state index >= 15 is 0 Å². The van der Waals surface area contributed by atoms with Gasteiger partial charge in [0.1, 0.15) is 11.6 Å². The van der Waals surface area contributed by atoms with Crippen molar-refractivity contribution >= 4 is 45.5 Å². The van der Waals surface area contributed by atoms with Crippen LogP contribution in [0.4, 0.5) is 23.0 Å². The highest BCUT2D eigenvalue weighted by atomic mass is 35.5. The molecule has 3 aromatic carbocycles. The number of aromatic nitrogens is 2. The van der Waals surface area contributed by atoms with Crippen LogP contribution in [0.3, 0.4) is 0 Å². The molecule has 2 N–H and O–H groups in total. The second-order valence-corrected chi connectivity index (χ2v) is 7.71. The zero-order chi connectivity index (χ0) is 21.9. The van der Waals surface area contributed by atoms with Crippen molar-refractivity contribution in [2.24, 2.45) is 0 Å². The molecule has 5 rings (SSSR count). The zero-order valence-electron chi connectivity index (χ0n) is 17.0. The molecule has 32 heavy (non-hydrogen) atoms. The number of benzene rings is 3. The largest absolute Gasteiger partial charge is 0.341 e. The van der Waals surface area contributed by atoms with Gasteiger partial charge in [0.25, 0.3) is 0 Å². The number of nitrogens with zero attached hydrogens (tertiary/aromatic N) is 2. The van der Waals surface area contributed by atoms with Crippen LogP contribution in [0.25, 0.3) is 16.6 Å². The number of hydrogen-bond acceptors (Lipinski definition) is 4. The number of para-hydroxylation sites is 2. The first-order valence-electron chi connectivity index (χ1n) is 10.1. The van der Waals surface area contributed by atoms with Crippen molar-refractivity contribution in [3.8, 4) is 5.69 Å². The standard InChI is InChI=1S/C26H19ClN4O/c27-18-11-13-20(14-12-18)29-25-15-23-22(17-28-25)24(32)16-26(30-19-7-3-1-4-8-19)31(23)21-9-5-2-6-10-21/h1-17,30H,(H,28,29). The molecule has 0 saturated heterocycles. The minimum absolute atomic E-state index is 0.101. The lowest BCUT2D eigenvalue weighted by Gasteiger charge is -2.19. The molecular weight excluding hydrogens is 420 g/mol. The first-order valence-corrected chi connectivity index (χ1v) is 10.5. The fraction of sp³-hybridized carbons (Fsp3) is 0. The summed E-state index contributed by atoms with van der Waals surface area (Å²) in [5.74, 6) is 1.30. The van der Waals surface area contributed by atoms with Gasteiger partial charge in [0.05, 0.1) is 10.9 Å². The van der Waals surface area contributed by atoms with Crippen molar-refractivity contribution in [1.82, 2.24) is 9.55 Å². The number of fused-ring (bicyclic) bond motifs is 1. The number of anilines is 4. The first kappa shape index (κ1) is 19.8. The summed E-state index contributed by atoms with van der Waals surface area (Å²) >= 11 is 5.99. The molecule has 0 saturated carbocycles. The van der Waals surface area contributed by atoms with Gasteiger partial charge in [-0.2, -0.15) is 0 Å². The third kappa shape index (κ3) is 4.06. The van der Waals surface area contributed by atoms with Crippen LogP contribution in [0.2, 0.25) is 5.02 Å². The Morgan fingerprint density at radius 2 is 1.41 bits per heavy atom. The van der Waals surface area contributed by atoms with Crippen molar-refractivity contribution in [1.29, 1.82) is 0 Å². The van der Waals surface area contributed by atoms with Gasteiger partial charge < -0.3 is 10.6 Å². The van der Waals surface area contributed by atoms with E-state index in [-0.39, 0.29) is 5.43 Å². The van der Waals surface area contributed by atoms with Gasteiger partial charge in [0.15, 0.2) is 5.43 Å². The molecule has 0 spiro atoms. The van der Waals surface area contributed by atoms with Gasteiger partial charge in [0.2, 0.25) is 0 Å². The van der Waals surface area contributed by atoms with E-state index in [1.807, 2.05) is 95.6 Å². The Balaban J connectivity index is 1.69. The molecular formula is C26H19ClN4O. The van der Waals surface area contributed by atoms with E-state index in [9.17, 15) is 4.79 Å².